The van der Waals surface area contributed by atoms with Crippen molar-refractivity contribution in [3.05, 3.63) is 120 Å². The first-order valence-electron chi connectivity index (χ1n) is 22.8. The second-order valence-corrected chi connectivity index (χ2v) is 16.2. The minimum absolute atomic E-state index is 0.0841. The zero-order valence-corrected chi connectivity index (χ0v) is 39.1. The van der Waals surface area contributed by atoms with E-state index in [0.29, 0.717) is 6.42 Å². The van der Waals surface area contributed by atoms with E-state index < -0.39 is 116 Å². The molecular weight excluding hydrogens is 901 g/mol. The molecule has 0 amide bonds. The lowest BCUT2D eigenvalue weighted by Gasteiger charge is -2.48. The van der Waals surface area contributed by atoms with Crippen LogP contribution in [-0.2, 0) is 71.3 Å². The highest BCUT2D eigenvalue weighted by molar-refractivity contribution is 5.91. The van der Waals surface area contributed by atoms with E-state index in [4.69, 9.17) is 52.1 Å². The molecule has 5 rings (SSSR count). The fourth-order valence-corrected chi connectivity index (χ4v) is 7.67. The van der Waals surface area contributed by atoms with E-state index in [0.717, 1.165) is 66.2 Å². The summed E-state index contributed by atoms with van der Waals surface area (Å²) in [6.45, 7) is 6.98. The van der Waals surface area contributed by atoms with E-state index in [1.54, 1.807) is 54.6 Å². The summed E-state index contributed by atoms with van der Waals surface area (Å²) in [6.07, 6.45) is -8.09. The van der Waals surface area contributed by atoms with Crippen LogP contribution >= 0.6 is 0 Å². The molecule has 2 aliphatic rings. The van der Waals surface area contributed by atoms with Crippen LogP contribution in [0.3, 0.4) is 0 Å². The average molecular weight is 961 g/mol. The molecule has 18 heteroatoms. The smallest absolute Gasteiger partial charge is 0.338 e. The van der Waals surface area contributed by atoms with Gasteiger partial charge in [-0.1, -0.05) is 86.4 Å². The highest BCUT2D eigenvalue weighted by Gasteiger charge is 2.58. The van der Waals surface area contributed by atoms with Gasteiger partial charge in [0.25, 0.3) is 0 Å². The van der Waals surface area contributed by atoms with E-state index in [-0.39, 0.29) is 23.3 Å². The first-order valence-corrected chi connectivity index (χ1v) is 22.8. The van der Waals surface area contributed by atoms with Crippen LogP contribution in [0.5, 0.6) is 0 Å². The zero-order chi connectivity index (χ0) is 49.7. The van der Waals surface area contributed by atoms with Crippen molar-refractivity contribution in [2.75, 3.05) is 19.8 Å². The Morgan fingerprint density at radius 1 is 0.464 bits per heavy atom. The molecule has 0 bridgehead atoms. The van der Waals surface area contributed by atoms with Gasteiger partial charge in [-0.2, -0.15) is 0 Å². The first kappa shape index (κ1) is 53.5. The lowest BCUT2D eigenvalue weighted by Crippen LogP contribution is -2.67. The van der Waals surface area contributed by atoms with Gasteiger partial charge in [-0.15, -0.1) is 6.58 Å². The van der Waals surface area contributed by atoms with E-state index in [1.807, 2.05) is 6.08 Å². The molecule has 2 saturated heterocycles. The molecule has 2 aliphatic heterocycles. The molecule has 2 heterocycles. The summed E-state index contributed by atoms with van der Waals surface area (Å²) in [6, 6.07) is 23.9. The summed E-state index contributed by atoms with van der Waals surface area (Å²) in [5.41, 5.74) is 0.391. The Hall–Kier alpha value is -6.47. The van der Waals surface area contributed by atoms with E-state index in [9.17, 15) is 33.6 Å². The SMILES string of the molecule is C=CCCCCCCCCO[C@H]1O[C@H](COC(=O)c2ccccc2)[C@@H](O[C@@H]2O[C@H](COC(C)=O)[C@H](OC(C)=O)[C@H](OC(C)=O)[C@H]2OC(C)=O)[C@H](OC(=O)c2ccccc2)[C@@H]1OC(=O)c1ccccc1. The van der Waals surface area contributed by atoms with Crippen LogP contribution in [0.15, 0.2) is 104 Å². The summed E-state index contributed by atoms with van der Waals surface area (Å²) < 4.78 is 66.3. The van der Waals surface area contributed by atoms with Gasteiger partial charge in [0.05, 0.1) is 16.7 Å². The second kappa shape index (κ2) is 27.5. The third-order valence-electron chi connectivity index (χ3n) is 10.8. The highest BCUT2D eigenvalue weighted by atomic mass is 16.8. The molecule has 10 atom stereocenters. The summed E-state index contributed by atoms with van der Waals surface area (Å²) in [5.74, 6) is -5.98. The first-order chi connectivity index (χ1) is 33.2. The molecule has 0 radical (unpaired) electrons. The van der Waals surface area contributed by atoms with Gasteiger partial charge in [0.1, 0.15) is 31.5 Å². The average Bonchev–Trinajstić information content (AvgIpc) is 3.33. The van der Waals surface area contributed by atoms with Gasteiger partial charge in [-0.05, 0) is 55.7 Å². The number of hydrogen-bond donors (Lipinski definition) is 0. The van der Waals surface area contributed by atoms with Crippen molar-refractivity contribution in [1.82, 2.24) is 0 Å². The Balaban J connectivity index is 1.62. The standard InChI is InChI=1S/C51H60O18/c1-6-7-8-9-10-11-12-22-29-59-50-45(68-49(58)38-27-20-15-21-28-38)44(67-48(57)37-25-18-14-19-26-37)42(40(65-50)31-61-47(56)36-23-16-13-17-24-36)69-51-46(64-35(5)55)43(63-34(4)54)41(62-33(3)53)39(66-51)30-60-32(2)52/h6,13-21,23-28,39-46,50-51H,1,7-12,22,29-31H2,2-5H3/t39-,40-,41+,42-,43+,44+,45+,46-,50+,51+/m1/s1. The maximum atomic E-state index is 14.2. The largest absolute Gasteiger partial charge is 0.463 e. The summed E-state index contributed by atoms with van der Waals surface area (Å²) >= 11 is 0. The van der Waals surface area contributed by atoms with Crippen molar-refractivity contribution in [3.8, 4) is 0 Å². The molecule has 0 aliphatic carbocycles. The third-order valence-corrected chi connectivity index (χ3v) is 10.8. The number of esters is 7. The van der Waals surface area contributed by atoms with Crippen molar-refractivity contribution in [1.29, 1.82) is 0 Å². The topological polar surface area (TPSA) is 221 Å². The molecule has 3 aromatic rings. The van der Waals surface area contributed by atoms with Crippen LogP contribution in [0.2, 0.25) is 0 Å². The number of hydrogen-bond acceptors (Lipinski definition) is 18. The number of unbranched alkanes of at least 4 members (excludes halogenated alkanes) is 6. The molecule has 0 unspecified atom stereocenters. The predicted octanol–water partition coefficient (Wildman–Crippen LogP) is 6.42. The minimum Gasteiger partial charge on any atom is -0.463 e. The molecule has 2 fully saturated rings. The molecule has 3 aromatic carbocycles. The predicted molar refractivity (Wildman–Crippen MR) is 242 cm³/mol. The van der Waals surface area contributed by atoms with Crippen molar-refractivity contribution in [2.45, 2.75) is 134 Å². The molecule has 18 nitrogen and oxygen atoms in total. The van der Waals surface area contributed by atoms with Gasteiger partial charge in [0, 0.05) is 34.3 Å². The van der Waals surface area contributed by atoms with Crippen molar-refractivity contribution >= 4 is 41.8 Å². The third kappa shape index (κ3) is 16.6. The fraction of sp³-hybridized carbons (Fsp3) is 0.471. The van der Waals surface area contributed by atoms with Crippen LogP contribution in [-0.4, -0.2) is 123 Å². The quantitative estimate of drug-likeness (QED) is 0.0409. The number of allylic oxidation sites excluding steroid dienone is 1. The monoisotopic (exact) mass is 960 g/mol. The maximum Gasteiger partial charge on any atom is 0.338 e. The molecular formula is C51H60O18. The number of carbonyl (C=O) groups excluding carboxylic acids is 7. The second-order valence-electron chi connectivity index (χ2n) is 16.2. The van der Waals surface area contributed by atoms with E-state index >= 15 is 0 Å². The number of benzene rings is 3. The van der Waals surface area contributed by atoms with Crippen LogP contribution < -0.4 is 0 Å². The summed E-state index contributed by atoms with van der Waals surface area (Å²) in [5, 5.41) is 0. The molecule has 0 aromatic heterocycles. The normalized spacial score (nSPS) is 24.1. The van der Waals surface area contributed by atoms with E-state index in [2.05, 4.69) is 6.58 Å². The summed E-state index contributed by atoms with van der Waals surface area (Å²) in [4.78, 5) is 92.0. The van der Waals surface area contributed by atoms with Crippen LogP contribution in [0.4, 0.5) is 0 Å². The number of carbonyl (C=O) groups is 7. The van der Waals surface area contributed by atoms with Crippen LogP contribution in [0.1, 0.15) is 104 Å². The Morgan fingerprint density at radius 2 is 0.884 bits per heavy atom. The van der Waals surface area contributed by atoms with Gasteiger partial charge < -0.3 is 52.1 Å². The van der Waals surface area contributed by atoms with Crippen LogP contribution in [0, 0.1) is 0 Å². The zero-order valence-electron chi connectivity index (χ0n) is 39.1. The fourth-order valence-electron chi connectivity index (χ4n) is 7.67. The van der Waals surface area contributed by atoms with Crippen molar-refractivity contribution < 1.29 is 85.7 Å². The Kier molecular flexibility index (Phi) is 21.3. The van der Waals surface area contributed by atoms with Gasteiger partial charge in [-0.25, -0.2) is 14.4 Å². The van der Waals surface area contributed by atoms with Crippen molar-refractivity contribution in [3.63, 3.8) is 0 Å². The van der Waals surface area contributed by atoms with E-state index in [1.165, 1.54) is 36.4 Å². The Labute approximate surface area is 400 Å². The Bertz CT molecular complexity index is 2150. The highest BCUT2D eigenvalue weighted by Crippen LogP contribution is 2.36. The number of rotatable bonds is 24. The van der Waals surface area contributed by atoms with Gasteiger partial charge >= 0.3 is 41.8 Å². The molecule has 0 spiro atoms. The maximum absolute atomic E-state index is 14.2. The number of ether oxygens (including phenoxy) is 11. The molecule has 372 valence electrons. The lowest BCUT2D eigenvalue weighted by molar-refractivity contribution is -0.359. The van der Waals surface area contributed by atoms with Gasteiger partial charge in [0.15, 0.2) is 43.1 Å². The molecule has 0 saturated carbocycles. The molecule has 69 heavy (non-hydrogen) atoms. The lowest BCUT2D eigenvalue weighted by atomic mass is 9.95. The Morgan fingerprint density at radius 3 is 1.42 bits per heavy atom. The summed E-state index contributed by atoms with van der Waals surface area (Å²) in [7, 11) is 0. The van der Waals surface area contributed by atoms with Gasteiger partial charge in [-0.3, -0.25) is 19.2 Å². The molecule has 0 N–H and O–H groups in total. The van der Waals surface area contributed by atoms with Crippen molar-refractivity contribution in [2.24, 2.45) is 0 Å². The van der Waals surface area contributed by atoms with Crippen LogP contribution in [0.25, 0.3) is 0 Å². The van der Waals surface area contributed by atoms with Gasteiger partial charge in [0.2, 0.25) is 0 Å². The minimum atomic E-state index is -1.86.